The zero-order chi connectivity index (χ0) is 57.1. The van der Waals surface area contributed by atoms with Crippen molar-refractivity contribution in [3.05, 3.63) is 101 Å². The van der Waals surface area contributed by atoms with Gasteiger partial charge in [0.25, 0.3) is 0 Å². The molecular formula is C62H69F2N11O6S. The van der Waals surface area contributed by atoms with Crippen LogP contribution in [0.2, 0.25) is 0 Å². The van der Waals surface area contributed by atoms with E-state index in [1.807, 2.05) is 63.5 Å². The number of aliphatic hydroxyl groups excluding tert-OH is 1. The number of aromatic nitrogens is 5. The summed E-state index contributed by atoms with van der Waals surface area (Å²) in [6.07, 6.45) is 11.9. The Morgan fingerprint density at radius 1 is 0.939 bits per heavy atom. The number of pyridine rings is 1. The topological polar surface area (TPSA) is 198 Å². The first kappa shape index (κ1) is 55.2. The SMILES string of the molecule is C#Cc1c(F)ccc2cc(O)cc(-c3ncc4c(N5CC6CCC(C5)N6)nc(OC[C@H](C)N5CCC(CC6CN(c7cc([C@@H](C(=O)N8C[C@H](O)C[C@H]8C(=O)N[C@@H](C)c8ccc(-c9scnc9C)cc8)C(C)C)on7)C6)CC5)nc4c3F)c12. The van der Waals surface area contributed by atoms with Gasteiger partial charge in [-0.1, -0.05) is 55.3 Å². The van der Waals surface area contributed by atoms with Gasteiger partial charge in [0.1, 0.15) is 47.2 Å². The smallest absolute Gasteiger partial charge is 0.319 e. The highest BCUT2D eigenvalue weighted by atomic mass is 32.1. The Bertz CT molecular complexity index is 3560. The van der Waals surface area contributed by atoms with E-state index in [0.29, 0.717) is 53.1 Å². The van der Waals surface area contributed by atoms with E-state index in [4.69, 9.17) is 20.7 Å². The normalized spacial score (nSPS) is 21.7. The fourth-order valence-electron chi connectivity index (χ4n) is 13.2. The number of piperidine rings is 1. The van der Waals surface area contributed by atoms with Crippen molar-refractivity contribution in [1.82, 2.24) is 45.5 Å². The molecule has 12 rings (SSSR count). The maximum Gasteiger partial charge on any atom is 0.319 e. The molecule has 9 heterocycles. The average molecular weight is 1130 g/mol. The number of amides is 2. The summed E-state index contributed by atoms with van der Waals surface area (Å²) in [5.41, 5.74) is 4.78. The first-order chi connectivity index (χ1) is 39.6. The van der Waals surface area contributed by atoms with Gasteiger partial charge in [0, 0.05) is 80.5 Å². The number of phenolic OH excluding ortho intramolecular Hbond substituents is 1. The van der Waals surface area contributed by atoms with Crippen LogP contribution in [0.4, 0.5) is 20.4 Å². The van der Waals surface area contributed by atoms with E-state index >= 15 is 8.78 Å². The lowest BCUT2D eigenvalue weighted by molar-refractivity contribution is -0.141. The zero-order valence-electron chi connectivity index (χ0n) is 46.8. The Kier molecular flexibility index (Phi) is 15.4. The number of thiazole rings is 1. The number of likely N-dealkylation sites (tertiary alicyclic amines) is 2. The fraction of sp³-hybridized carbons (Fsp3) is 0.468. The minimum absolute atomic E-state index is 0.00955. The molecule has 82 heavy (non-hydrogen) atoms. The minimum atomic E-state index is -0.828. The van der Waals surface area contributed by atoms with E-state index in [1.165, 1.54) is 29.2 Å². The number of hydrogen-bond donors (Lipinski definition) is 4. The van der Waals surface area contributed by atoms with Crippen molar-refractivity contribution >= 4 is 56.5 Å². The molecule has 7 atom stereocenters. The van der Waals surface area contributed by atoms with Gasteiger partial charge in [0.15, 0.2) is 17.4 Å². The third-order valence-corrected chi connectivity index (χ3v) is 18.7. The number of fused-ring (bicyclic) bond motifs is 4. The van der Waals surface area contributed by atoms with Crippen molar-refractivity contribution in [3.63, 3.8) is 0 Å². The van der Waals surface area contributed by atoms with Crippen LogP contribution in [-0.4, -0.2) is 140 Å². The largest absolute Gasteiger partial charge is 0.508 e. The van der Waals surface area contributed by atoms with E-state index < -0.39 is 29.7 Å². The number of ether oxygens (including phenoxy) is 1. The fourth-order valence-corrected chi connectivity index (χ4v) is 14.0. The standard InChI is InChI=1S/C62H69F2N11O6S/c1-7-46-49(63)15-12-41-21-44(76)22-47(54(41)46)56-55(64)57-48(25-65-56)59(74-28-42-13-14-43(29-74)68-42)70-62(69-57)80-31-34(4)72-18-16-37(17-19-72)20-38-26-73(27-38)52-24-51(81-71-52)53(33(2)3)61(79)75-30-45(77)23-50(75)60(78)67-35(5)39-8-10-40(11-9-39)58-36(6)66-32-82-58/h1,8-12,15,21-22,24-25,32-35,37-38,42-43,45,50,53,68,76-77H,13-14,16-20,23,26-31H2,2-6H3,(H,67,78)/t34-,35-,42?,43?,45+,50-,53-/m0/s1. The van der Waals surface area contributed by atoms with Crippen molar-refractivity contribution in [3.8, 4) is 45.8 Å². The van der Waals surface area contributed by atoms with Crippen molar-refractivity contribution in [2.45, 2.75) is 115 Å². The summed E-state index contributed by atoms with van der Waals surface area (Å²) < 4.78 is 44.5. The van der Waals surface area contributed by atoms with Crippen LogP contribution in [0.5, 0.6) is 11.8 Å². The minimum Gasteiger partial charge on any atom is -0.508 e. The number of aliphatic hydroxyl groups is 1. The molecule has 4 aromatic heterocycles. The molecule has 0 spiro atoms. The van der Waals surface area contributed by atoms with Crippen molar-refractivity contribution < 1.29 is 37.8 Å². The zero-order valence-corrected chi connectivity index (χ0v) is 47.6. The highest BCUT2D eigenvalue weighted by Crippen LogP contribution is 2.41. The second-order valence-corrected chi connectivity index (χ2v) is 24.5. The lowest BCUT2D eigenvalue weighted by Crippen LogP contribution is -2.51. The van der Waals surface area contributed by atoms with Crippen LogP contribution >= 0.6 is 11.3 Å². The molecule has 7 aromatic rings. The Morgan fingerprint density at radius 2 is 1.70 bits per heavy atom. The quantitative estimate of drug-likeness (QED) is 0.0670. The van der Waals surface area contributed by atoms with Crippen molar-refractivity contribution in [1.29, 1.82) is 0 Å². The molecule has 5 saturated heterocycles. The molecular weight excluding hydrogens is 1060 g/mol. The van der Waals surface area contributed by atoms with Crippen LogP contribution in [0.1, 0.15) is 101 Å². The number of terminal acetylenes is 1. The third-order valence-electron chi connectivity index (χ3n) is 17.7. The van der Waals surface area contributed by atoms with Crippen LogP contribution in [0.15, 0.2) is 70.8 Å². The van der Waals surface area contributed by atoms with E-state index in [0.717, 1.165) is 80.0 Å². The number of piperazine rings is 1. The number of hydrogen-bond acceptors (Lipinski definition) is 16. The maximum atomic E-state index is 17.2. The van der Waals surface area contributed by atoms with Crippen LogP contribution in [-0.2, 0) is 9.59 Å². The van der Waals surface area contributed by atoms with Crippen LogP contribution < -0.4 is 25.2 Å². The van der Waals surface area contributed by atoms with Gasteiger partial charge in [-0.2, -0.15) is 9.97 Å². The number of anilines is 2. The lowest BCUT2D eigenvalue weighted by atomic mass is 9.83. The molecule has 2 amide bonds. The average Bonchev–Trinajstić information content (AvgIpc) is 3.07. The van der Waals surface area contributed by atoms with Crippen LogP contribution in [0.3, 0.4) is 0 Å². The molecule has 2 unspecified atom stereocenters. The van der Waals surface area contributed by atoms with Crippen LogP contribution in [0, 0.1) is 48.7 Å². The van der Waals surface area contributed by atoms with E-state index in [2.05, 4.69) is 58.3 Å². The predicted molar refractivity (Wildman–Crippen MR) is 311 cm³/mol. The summed E-state index contributed by atoms with van der Waals surface area (Å²) in [6.45, 7) is 15.1. The number of carbonyl (C=O) groups excluding carboxylic acids is 2. The number of phenols is 1. The molecule has 428 valence electrons. The number of benzene rings is 3. The number of carbonyl (C=O) groups is 2. The molecule has 5 aliphatic heterocycles. The summed E-state index contributed by atoms with van der Waals surface area (Å²) in [5, 5.41) is 33.9. The number of nitrogens with one attached hydrogen (secondary N) is 2. The summed E-state index contributed by atoms with van der Waals surface area (Å²) in [6, 6.07) is 14.9. The number of β-amino-alcohol motifs (C(OH)–C–C–N with tert-alkyl or cyclic N) is 1. The number of halogens is 2. The van der Waals surface area contributed by atoms with Gasteiger partial charge in [-0.3, -0.25) is 19.5 Å². The number of nitrogens with zero attached hydrogens (tertiary/aromatic N) is 9. The lowest BCUT2D eigenvalue weighted by Gasteiger charge is -2.43. The number of rotatable bonds is 16. The maximum absolute atomic E-state index is 17.2. The molecule has 5 aliphatic rings. The van der Waals surface area contributed by atoms with Gasteiger partial charge in [-0.15, -0.1) is 17.8 Å². The Labute approximate surface area is 479 Å². The van der Waals surface area contributed by atoms with E-state index in [1.54, 1.807) is 17.5 Å². The summed E-state index contributed by atoms with van der Waals surface area (Å²) in [5.74, 6) is 2.16. The Hall–Kier alpha value is -7.31. The third kappa shape index (κ3) is 10.8. The van der Waals surface area contributed by atoms with Gasteiger partial charge < -0.3 is 44.8 Å². The molecule has 2 bridgehead atoms. The van der Waals surface area contributed by atoms with Gasteiger partial charge in [-0.25, -0.2) is 13.8 Å². The monoisotopic (exact) mass is 1130 g/mol. The van der Waals surface area contributed by atoms with E-state index in [9.17, 15) is 19.8 Å². The molecule has 0 aliphatic carbocycles. The first-order valence-corrected chi connectivity index (χ1v) is 29.6. The van der Waals surface area contributed by atoms with Gasteiger partial charge in [0.05, 0.1) is 39.2 Å². The molecule has 0 radical (unpaired) electrons. The highest BCUT2D eigenvalue weighted by molar-refractivity contribution is 7.13. The van der Waals surface area contributed by atoms with Crippen molar-refractivity contribution in [2.24, 2.45) is 17.8 Å². The molecule has 4 N–H and O–H groups in total. The Balaban J connectivity index is 0.653. The Morgan fingerprint density at radius 3 is 2.40 bits per heavy atom. The second-order valence-electron chi connectivity index (χ2n) is 23.7. The summed E-state index contributed by atoms with van der Waals surface area (Å²) in [4.78, 5) is 56.2. The summed E-state index contributed by atoms with van der Waals surface area (Å²) in [7, 11) is 0. The summed E-state index contributed by atoms with van der Waals surface area (Å²) >= 11 is 1.59. The van der Waals surface area contributed by atoms with Crippen molar-refractivity contribution in [2.75, 3.05) is 62.2 Å². The second kappa shape index (κ2) is 22.8. The van der Waals surface area contributed by atoms with Gasteiger partial charge >= 0.3 is 6.01 Å². The number of aromatic hydroxyl groups is 1. The molecule has 3 aromatic carbocycles. The van der Waals surface area contributed by atoms with Crippen LogP contribution in [0.25, 0.3) is 43.4 Å². The molecule has 5 fully saturated rings. The highest BCUT2D eigenvalue weighted by Gasteiger charge is 2.44. The first-order valence-electron chi connectivity index (χ1n) is 28.7. The van der Waals surface area contributed by atoms with E-state index in [-0.39, 0.29) is 101 Å². The van der Waals surface area contributed by atoms with Gasteiger partial charge in [-0.05, 0) is 118 Å². The van der Waals surface area contributed by atoms with Gasteiger partial charge in [0.2, 0.25) is 11.8 Å². The molecule has 17 nitrogen and oxygen atoms in total. The number of aryl methyl sites for hydroxylation is 1. The molecule has 20 heteroatoms. The predicted octanol–water partition coefficient (Wildman–Crippen LogP) is 8.76. The molecule has 0 saturated carbocycles.